The van der Waals surface area contributed by atoms with Crippen molar-refractivity contribution in [3.8, 4) is 0 Å². The van der Waals surface area contributed by atoms with Crippen molar-refractivity contribution in [3.63, 3.8) is 0 Å². The largest absolute Gasteiger partial charge is 0.341 e. The Morgan fingerprint density at radius 1 is 1.24 bits per heavy atom. The fourth-order valence-corrected chi connectivity index (χ4v) is 2.12. The van der Waals surface area contributed by atoms with E-state index < -0.39 is 6.04 Å². The van der Waals surface area contributed by atoms with E-state index in [1.54, 1.807) is 0 Å². The highest BCUT2D eigenvalue weighted by molar-refractivity contribution is 5.83. The molecule has 17 heavy (non-hydrogen) atoms. The van der Waals surface area contributed by atoms with Crippen LogP contribution in [0.3, 0.4) is 0 Å². The van der Waals surface area contributed by atoms with Gasteiger partial charge in [-0.2, -0.15) is 0 Å². The molecule has 1 aromatic carbocycles. The number of likely N-dealkylation sites (tertiary alicyclic amines) is 1. The molecule has 0 aromatic heterocycles. The molecule has 1 aliphatic rings. The monoisotopic (exact) mass is 233 g/mol. The van der Waals surface area contributed by atoms with Gasteiger partial charge in [0.05, 0.1) is 0 Å². The number of nitrogens with zero attached hydrogens (tertiary/aromatic N) is 1. The molecule has 1 amide bonds. The lowest BCUT2D eigenvalue weighted by atomic mass is 10.0. The first-order valence-corrected chi connectivity index (χ1v) is 6.03. The van der Waals surface area contributed by atoms with Gasteiger partial charge in [0.15, 0.2) is 0 Å². The minimum Gasteiger partial charge on any atom is -0.341 e. The van der Waals surface area contributed by atoms with Crippen LogP contribution in [0.25, 0.3) is 0 Å². The van der Waals surface area contributed by atoms with E-state index >= 15 is 0 Å². The van der Waals surface area contributed by atoms with Crippen molar-refractivity contribution in [2.24, 2.45) is 11.5 Å². The van der Waals surface area contributed by atoms with Crippen LogP contribution in [0.4, 0.5) is 0 Å². The summed E-state index contributed by atoms with van der Waals surface area (Å²) in [5.74, 6) is 0.00287. The molecule has 0 radical (unpaired) electrons. The summed E-state index contributed by atoms with van der Waals surface area (Å²) in [6.45, 7) is 1.45. The second kappa shape index (κ2) is 5.29. The fraction of sp³-hybridized carbons (Fsp3) is 0.462. The molecule has 0 spiro atoms. The molecule has 4 N–H and O–H groups in total. The molecule has 0 bridgehead atoms. The van der Waals surface area contributed by atoms with Crippen molar-refractivity contribution >= 4 is 5.91 Å². The summed E-state index contributed by atoms with van der Waals surface area (Å²) in [6, 6.07) is 9.16. The summed E-state index contributed by atoms with van der Waals surface area (Å²) in [7, 11) is 0. The Morgan fingerprint density at radius 3 is 2.41 bits per heavy atom. The number of benzene rings is 1. The van der Waals surface area contributed by atoms with Gasteiger partial charge >= 0.3 is 0 Å². The Labute approximate surface area is 102 Å². The highest BCUT2D eigenvalue weighted by atomic mass is 16.2. The molecule has 1 atom stereocenters. The van der Waals surface area contributed by atoms with E-state index in [1.165, 1.54) is 0 Å². The van der Waals surface area contributed by atoms with Crippen molar-refractivity contribution in [1.82, 2.24) is 4.90 Å². The lowest BCUT2D eigenvalue weighted by Gasteiger charge is -2.32. The Morgan fingerprint density at radius 2 is 1.82 bits per heavy atom. The van der Waals surface area contributed by atoms with Crippen LogP contribution in [0.1, 0.15) is 24.4 Å². The van der Waals surface area contributed by atoms with E-state index in [0.717, 1.165) is 31.5 Å². The summed E-state index contributed by atoms with van der Waals surface area (Å²) in [6.07, 6.45) is 1.74. The zero-order valence-electron chi connectivity index (χ0n) is 9.88. The van der Waals surface area contributed by atoms with Gasteiger partial charge in [-0.3, -0.25) is 4.79 Å². The molecule has 1 fully saturated rings. The smallest absolute Gasteiger partial charge is 0.244 e. The molecule has 1 unspecified atom stereocenters. The van der Waals surface area contributed by atoms with Crippen LogP contribution < -0.4 is 11.5 Å². The minimum atomic E-state index is -0.550. The average Bonchev–Trinajstić information content (AvgIpc) is 2.39. The molecule has 1 aliphatic heterocycles. The van der Waals surface area contributed by atoms with Crippen molar-refractivity contribution in [1.29, 1.82) is 0 Å². The van der Waals surface area contributed by atoms with Crippen LogP contribution >= 0.6 is 0 Å². The van der Waals surface area contributed by atoms with Crippen LogP contribution in [0.5, 0.6) is 0 Å². The SMILES string of the molecule is NC1CCN(C(=O)C(N)c2ccccc2)CC1. The van der Waals surface area contributed by atoms with Crippen LogP contribution in [0.15, 0.2) is 30.3 Å². The van der Waals surface area contributed by atoms with Crippen LogP contribution in [0, 0.1) is 0 Å². The number of amides is 1. The van der Waals surface area contributed by atoms with E-state index in [1.807, 2.05) is 35.2 Å². The van der Waals surface area contributed by atoms with Gasteiger partial charge in [0.2, 0.25) is 5.91 Å². The van der Waals surface area contributed by atoms with E-state index in [9.17, 15) is 4.79 Å². The van der Waals surface area contributed by atoms with Crippen molar-refractivity contribution < 1.29 is 4.79 Å². The van der Waals surface area contributed by atoms with Crippen molar-refractivity contribution in [2.75, 3.05) is 13.1 Å². The van der Waals surface area contributed by atoms with Crippen LogP contribution in [-0.4, -0.2) is 29.9 Å². The second-order valence-corrected chi connectivity index (χ2v) is 4.55. The molecule has 0 aliphatic carbocycles. The number of nitrogens with two attached hydrogens (primary N) is 2. The first kappa shape index (κ1) is 12.1. The number of hydrogen-bond acceptors (Lipinski definition) is 3. The summed E-state index contributed by atoms with van der Waals surface area (Å²) in [4.78, 5) is 14.0. The quantitative estimate of drug-likeness (QED) is 0.787. The van der Waals surface area contributed by atoms with Crippen molar-refractivity contribution in [2.45, 2.75) is 24.9 Å². The van der Waals surface area contributed by atoms with Gasteiger partial charge in [-0.25, -0.2) is 0 Å². The third-order valence-corrected chi connectivity index (χ3v) is 3.28. The third kappa shape index (κ3) is 2.84. The standard InChI is InChI=1S/C13H19N3O/c14-11-6-8-16(9-7-11)13(17)12(15)10-4-2-1-3-5-10/h1-5,11-12H,6-9,14-15H2. The first-order valence-electron chi connectivity index (χ1n) is 6.03. The minimum absolute atomic E-state index is 0.00287. The molecule has 1 saturated heterocycles. The maximum Gasteiger partial charge on any atom is 0.244 e. The topological polar surface area (TPSA) is 72.3 Å². The van der Waals surface area contributed by atoms with E-state index in [-0.39, 0.29) is 11.9 Å². The summed E-state index contributed by atoms with van der Waals surface area (Å²) in [5.41, 5.74) is 12.7. The molecule has 92 valence electrons. The number of carbonyl (C=O) groups excluding carboxylic acids is 1. The van der Waals surface area contributed by atoms with Crippen LogP contribution in [-0.2, 0) is 4.79 Å². The fourth-order valence-electron chi connectivity index (χ4n) is 2.12. The Hall–Kier alpha value is -1.39. The number of carbonyl (C=O) groups is 1. The lowest BCUT2D eigenvalue weighted by Crippen LogP contribution is -2.46. The molecule has 0 saturated carbocycles. The van der Waals surface area contributed by atoms with Crippen LogP contribution in [0.2, 0.25) is 0 Å². The highest BCUT2D eigenvalue weighted by Gasteiger charge is 2.25. The van der Waals surface area contributed by atoms with Gasteiger partial charge in [-0.15, -0.1) is 0 Å². The molecule has 1 aromatic rings. The zero-order valence-corrected chi connectivity index (χ0v) is 9.88. The van der Waals surface area contributed by atoms with E-state index in [0.29, 0.717) is 0 Å². The van der Waals surface area contributed by atoms with E-state index in [4.69, 9.17) is 11.5 Å². The Balaban J connectivity index is 2.00. The lowest BCUT2D eigenvalue weighted by molar-refractivity contribution is -0.133. The number of hydrogen-bond donors (Lipinski definition) is 2. The van der Waals surface area contributed by atoms with Gasteiger partial charge < -0.3 is 16.4 Å². The third-order valence-electron chi connectivity index (χ3n) is 3.28. The van der Waals surface area contributed by atoms with Gasteiger partial charge in [-0.1, -0.05) is 30.3 Å². The van der Waals surface area contributed by atoms with Gasteiger partial charge in [0, 0.05) is 19.1 Å². The van der Waals surface area contributed by atoms with Gasteiger partial charge in [0.25, 0.3) is 0 Å². The summed E-state index contributed by atoms with van der Waals surface area (Å²) >= 11 is 0. The molecular formula is C13H19N3O. The molecule has 1 heterocycles. The highest BCUT2D eigenvalue weighted by Crippen LogP contribution is 2.16. The van der Waals surface area contributed by atoms with Gasteiger partial charge in [0.1, 0.15) is 6.04 Å². The molecule has 4 heteroatoms. The molecule has 2 rings (SSSR count). The Bertz CT molecular complexity index is 372. The predicted molar refractivity (Wildman–Crippen MR) is 67.2 cm³/mol. The number of piperidine rings is 1. The summed E-state index contributed by atoms with van der Waals surface area (Å²) in [5, 5.41) is 0. The molecular weight excluding hydrogens is 214 g/mol. The Kier molecular flexibility index (Phi) is 3.76. The number of rotatable bonds is 2. The normalized spacial score (nSPS) is 19.1. The first-order chi connectivity index (χ1) is 8.18. The predicted octanol–water partition coefficient (Wildman–Crippen LogP) is 0.636. The van der Waals surface area contributed by atoms with Crippen molar-refractivity contribution in [3.05, 3.63) is 35.9 Å². The summed E-state index contributed by atoms with van der Waals surface area (Å²) < 4.78 is 0. The maximum absolute atomic E-state index is 12.2. The maximum atomic E-state index is 12.2. The second-order valence-electron chi connectivity index (χ2n) is 4.55. The van der Waals surface area contributed by atoms with E-state index in [2.05, 4.69) is 0 Å². The van der Waals surface area contributed by atoms with Gasteiger partial charge in [-0.05, 0) is 18.4 Å². The average molecular weight is 233 g/mol. The zero-order chi connectivity index (χ0) is 12.3. The molecule has 4 nitrogen and oxygen atoms in total.